The summed E-state index contributed by atoms with van der Waals surface area (Å²) in [4.78, 5) is 2.40. The first-order chi connectivity index (χ1) is 9.67. The lowest BCUT2D eigenvalue weighted by atomic mass is 10.2. The molecule has 122 valence electrons. The van der Waals surface area contributed by atoms with E-state index < -0.39 is 5.97 Å². The summed E-state index contributed by atoms with van der Waals surface area (Å²) in [7, 11) is 0. The second-order valence-electron chi connectivity index (χ2n) is 4.72. The van der Waals surface area contributed by atoms with Crippen LogP contribution in [0, 0.1) is 0 Å². The molecule has 5 heteroatoms. The van der Waals surface area contributed by atoms with E-state index in [2.05, 4.69) is 11.8 Å². The predicted molar refractivity (Wildman–Crippen MR) is 82.6 cm³/mol. The molecule has 0 heterocycles. The summed E-state index contributed by atoms with van der Waals surface area (Å²) in [6.07, 6.45) is 2.87. The minimum absolute atomic E-state index is 0.580. The molecule has 0 fully saturated rings. The molecule has 0 atom stereocenters. The number of nitrogens with two attached hydrogens (primary N) is 1. The van der Waals surface area contributed by atoms with Crippen molar-refractivity contribution in [2.75, 3.05) is 46.0 Å². The van der Waals surface area contributed by atoms with Gasteiger partial charge in [0.15, 0.2) is 0 Å². The van der Waals surface area contributed by atoms with E-state index >= 15 is 0 Å². The molecule has 0 aromatic rings. The highest BCUT2D eigenvalue weighted by Crippen LogP contribution is 2.21. The van der Waals surface area contributed by atoms with Gasteiger partial charge in [0.05, 0.1) is 0 Å². The lowest BCUT2D eigenvalue weighted by Gasteiger charge is -2.34. The predicted octanol–water partition coefficient (Wildman–Crippen LogP) is 2.20. The van der Waals surface area contributed by atoms with Crippen LogP contribution in [0.4, 0.5) is 0 Å². The third-order valence-corrected chi connectivity index (χ3v) is 3.05. The van der Waals surface area contributed by atoms with Crippen LogP contribution in [0.3, 0.4) is 0 Å². The Labute approximate surface area is 124 Å². The van der Waals surface area contributed by atoms with Crippen molar-refractivity contribution in [1.29, 1.82) is 0 Å². The standard InChI is InChI=1S/C15H34N2O3/c1-5-12-17(13-9-11-16)14-10-15(18-6-2,19-7-3)20-8-4/h5-14,16H2,1-4H3. The highest BCUT2D eigenvalue weighted by atomic mass is 16.9. The molecule has 0 bridgehead atoms. The Balaban J connectivity index is 4.50. The summed E-state index contributed by atoms with van der Waals surface area (Å²) in [5, 5.41) is 0. The molecule has 20 heavy (non-hydrogen) atoms. The molecule has 0 aromatic heterocycles. The zero-order valence-corrected chi connectivity index (χ0v) is 13.8. The third kappa shape index (κ3) is 8.17. The molecule has 0 rings (SSSR count). The van der Waals surface area contributed by atoms with Crippen LogP contribution in [-0.4, -0.2) is 56.9 Å². The summed E-state index contributed by atoms with van der Waals surface area (Å²) in [5.41, 5.74) is 5.60. The van der Waals surface area contributed by atoms with Crippen molar-refractivity contribution in [3.8, 4) is 0 Å². The summed E-state index contributed by atoms with van der Waals surface area (Å²) in [6, 6.07) is 0. The van der Waals surface area contributed by atoms with Crippen molar-refractivity contribution in [3.63, 3.8) is 0 Å². The van der Waals surface area contributed by atoms with Gasteiger partial charge in [-0.1, -0.05) is 6.92 Å². The fourth-order valence-corrected chi connectivity index (χ4v) is 2.26. The molecule has 5 nitrogen and oxygen atoms in total. The van der Waals surface area contributed by atoms with E-state index in [1.807, 2.05) is 20.8 Å². The molecular formula is C15H34N2O3. The number of ether oxygens (including phenoxy) is 3. The van der Waals surface area contributed by atoms with Gasteiger partial charge < -0.3 is 24.8 Å². The van der Waals surface area contributed by atoms with Gasteiger partial charge in [0, 0.05) is 32.8 Å². The quantitative estimate of drug-likeness (QED) is 0.497. The van der Waals surface area contributed by atoms with Gasteiger partial charge in [-0.25, -0.2) is 0 Å². The maximum absolute atomic E-state index is 5.75. The maximum Gasteiger partial charge on any atom is 0.284 e. The van der Waals surface area contributed by atoms with Gasteiger partial charge in [0.1, 0.15) is 0 Å². The molecule has 0 saturated heterocycles. The fourth-order valence-electron chi connectivity index (χ4n) is 2.26. The van der Waals surface area contributed by atoms with Crippen LogP contribution in [-0.2, 0) is 14.2 Å². The molecule has 0 aliphatic carbocycles. The molecule has 0 spiro atoms. The monoisotopic (exact) mass is 290 g/mol. The fraction of sp³-hybridized carbons (Fsp3) is 1.00. The first-order valence-electron chi connectivity index (χ1n) is 8.02. The van der Waals surface area contributed by atoms with Crippen LogP contribution < -0.4 is 5.73 Å². The van der Waals surface area contributed by atoms with E-state index in [9.17, 15) is 0 Å². The van der Waals surface area contributed by atoms with Crippen molar-refractivity contribution in [2.45, 2.75) is 52.9 Å². The Hall–Kier alpha value is -0.200. The number of rotatable bonds is 14. The topological polar surface area (TPSA) is 57.0 Å². The van der Waals surface area contributed by atoms with Crippen LogP contribution in [0.2, 0.25) is 0 Å². The molecule has 0 aliphatic rings. The van der Waals surface area contributed by atoms with Gasteiger partial charge in [0.2, 0.25) is 0 Å². The smallest absolute Gasteiger partial charge is 0.284 e. The van der Waals surface area contributed by atoms with E-state index in [0.29, 0.717) is 26.2 Å². The summed E-state index contributed by atoms with van der Waals surface area (Å²) >= 11 is 0. The molecule has 0 radical (unpaired) electrons. The van der Waals surface area contributed by atoms with Crippen LogP contribution in [0.5, 0.6) is 0 Å². The molecule has 0 saturated carbocycles. The van der Waals surface area contributed by atoms with E-state index in [1.54, 1.807) is 0 Å². The Bertz CT molecular complexity index is 198. The van der Waals surface area contributed by atoms with Crippen LogP contribution in [0.25, 0.3) is 0 Å². The zero-order chi connectivity index (χ0) is 15.3. The van der Waals surface area contributed by atoms with Gasteiger partial charge in [-0.05, 0) is 53.2 Å². The summed E-state index contributed by atoms with van der Waals surface area (Å²) in [6.45, 7) is 13.5. The number of hydrogen-bond acceptors (Lipinski definition) is 5. The normalized spacial score (nSPS) is 12.3. The van der Waals surface area contributed by atoms with Gasteiger partial charge >= 0.3 is 0 Å². The maximum atomic E-state index is 5.75. The van der Waals surface area contributed by atoms with E-state index in [-0.39, 0.29) is 0 Å². The Morgan fingerprint density at radius 1 is 0.850 bits per heavy atom. The van der Waals surface area contributed by atoms with E-state index in [1.165, 1.54) is 0 Å². The molecule has 0 aliphatic heterocycles. The minimum atomic E-state index is -0.896. The number of hydrogen-bond donors (Lipinski definition) is 1. The zero-order valence-electron chi connectivity index (χ0n) is 13.8. The van der Waals surface area contributed by atoms with E-state index in [0.717, 1.165) is 39.0 Å². The number of nitrogens with zero attached hydrogens (tertiary/aromatic N) is 1. The lowest BCUT2D eigenvalue weighted by Crippen LogP contribution is -2.43. The molecule has 0 unspecified atom stereocenters. The molecule has 0 aromatic carbocycles. The summed E-state index contributed by atoms with van der Waals surface area (Å²) < 4.78 is 17.2. The first-order valence-corrected chi connectivity index (χ1v) is 8.02. The second-order valence-corrected chi connectivity index (χ2v) is 4.72. The van der Waals surface area contributed by atoms with Crippen LogP contribution >= 0.6 is 0 Å². The Kier molecular flexibility index (Phi) is 12.4. The van der Waals surface area contributed by atoms with Gasteiger partial charge in [0.25, 0.3) is 5.97 Å². The van der Waals surface area contributed by atoms with E-state index in [4.69, 9.17) is 19.9 Å². The Morgan fingerprint density at radius 3 is 1.80 bits per heavy atom. The largest absolute Gasteiger partial charge is 0.330 e. The summed E-state index contributed by atoms with van der Waals surface area (Å²) in [5.74, 6) is -0.896. The van der Waals surface area contributed by atoms with Crippen molar-refractivity contribution in [2.24, 2.45) is 5.73 Å². The SMILES string of the molecule is CCCN(CCCN)CCC(OCC)(OCC)OCC. The highest BCUT2D eigenvalue weighted by molar-refractivity contribution is 4.65. The molecular weight excluding hydrogens is 256 g/mol. The first kappa shape index (κ1) is 19.8. The van der Waals surface area contributed by atoms with Crippen molar-refractivity contribution >= 4 is 0 Å². The van der Waals surface area contributed by atoms with Gasteiger partial charge in [-0.15, -0.1) is 0 Å². The van der Waals surface area contributed by atoms with Gasteiger partial charge in [-0.2, -0.15) is 0 Å². The average Bonchev–Trinajstić information content (AvgIpc) is 2.43. The third-order valence-electron chi connectivity index (χ3n) is 3.05. The van der Waals surface area contributed by atoms with Crippen LogP contribution in [0.15, 0.2) is 0 Å². The highest BCUT2D eigenvalue weighted by Gasteiger charge is 2.32. The average molecular weight is 290 g/mol. The van der Waals surface area contributed by atoms with Crippen molar-refractivity contribution in [1.82, 2.24) is 4.90 Å². The lowest BCUT2D eigenvalue weighted by molar-refractivity contribution is -0.380. The van der Waals surface area contributed by atoms with Gasteiger partial charge in [-0.3, -0.25) is 0 Å². The van der Waals surface area contributed by atoms with Crippen molar-refractivity contribution < 1.29 is 14.2 Å². The van der Waals surface area contributed by atoms with Crippen molar-refractivity contribution in [3.05, 3.63) is 0 Å². The minimum Gasteiger partial charge on any atom is -0.330 e. The molecule has 2 N–H and O–H groups in total. The second kappa shape index (κ2) is 12.5. The molecule has 0 amide bonds. The Morgan fingerprint density at radius 2 is 1.40 bits per heavy atom. The van der Waals surface area contributed by atoms with Crippen LogP contribution in [0.1, 0.15) is 47.0 Å².